The summed E-state index contributed by atoms with van der Waals surface area (Å²) >= 11 is 0. The van der Waals surface area contributed by atoms with Gasteiger partial charge in [0.15, 0.2) is 0 Å². The van der Waals surface area contributed by atoms with E-state index in [9.17, 15) is 14.4 Å². The number of hydrogen-bond donors (Lipinski definition) is 1. The molecule has 7 nitrogen and oxygen atoms in total. The molecule has 0 aliphatic carbocycles. The minimum Gasteiger partial charge on any atom is -0.469 e. The first-order valence-corrected chi connectivity index (χ1v) is 8.59. The second-order valence-electron chi connectivity index (χ2n) is 6.53. The summed E-state index contributed by atoms with van der Waals surface area (Å²) in [5.74, 6) is -0.686. The Morgan fingerprint density at radius 2 is 2.00 bits per heavy atom. The number of likely N-dealkylation sites (N-methyl/N-ethyl adjacent to an activating group) is 1. The molecule has 3 rings (SSSR count). The first-order valence-electron chi connectivity index (χ1n) is 8.59. The van der Waals surface area contributed by atoms with Gasteiger partial charge in [-0.3, -0.25) is 14.5 Å². The molecule has 138 valence electrons. The normalized spacial score (nSPS) is 20.2. The molecule has 7 heteroatoms. The summed E-state index contributed by atoms with van der Waals surface area (Å²) in [6, 6.07) is 8.83. The van der Waals surface area contributed by atoms with Crippen LogP contribution in [-0.2, 0) is 9.53 Å². The number of ether oxygens (including phenoxy) is 1. The quantitative estimate of drug-likeness (QED) is 0.644. The summed E-state index contributed by atoms with van der Waals surface area (Å²) in [4.78, 5) is 38.0. The second kappa shape index (κ2) is 7.70. The van der Waals surface area contributed by atoms with Crippen LogP contribution in [0.4, 0.5) is 0 Å². The van der Waals surface area contributed by atoms with Crippen LogP contribution in [0.1, 0.15) is 29.6 Å². The van der Waals surface area contributed by atoms with E-state index in [1.165, 1.54) is 7.11 Å². The maximum atomic E-state index is 12.4. The number of benzene rings is 1. The Kier molecular flexibility index (Phi) is 5.37. The molecular formula is C19H22N2O5. The first-order chi connectivity index (χ1) is 12.5. The van der Waals surface area contributed by atoms with Gasteiger partial charge >= 0.3 is 11.6 Å². The van der Waals surface area contributed by atoms with Gasteiger partial charge in [-0.05, 0) is 32.0 Å². The van der Waals surface area contributed by atoms with E-state index in [4.69, 9.17) is 9.15 Å². The minimum absolute atomic E-state index is 0.00420. The van der Waals surface area contributed by atoms with Crippen molar-refractivity contribution >= 4 is 22.8 Å². The standard InChI is InChI=1S/C19H22N2O5/c1-21-13(10-17(22)25-2)7-8-14(21)11-20-18(23)15-9-12-5-3-4-6-16(12)26-19(15)24/h3-6,9,13-14H,7-8,10-11H2,1-2H3,(H,20,23)/t13-,14+/m1/s1. The van der Waals surface area contributed by atoms with Gasteiger partial charge in [0.2, 0.25) is 0 Å². The number of nitrogens with zero attached hydrogens (tertiary/aromatic N) is 1. The van der Waals surface area contributed by atoms with Gasteiger partial charge in [0.25, 0.3) is 5.91 Å². The largest absolute Gasteiger partial charge is 0.469 e. The van der Waals surface area contributed by atoms with Crippen molar-refractivity contribution in [3.63, 3.8) is 0 Å². The van der Waals surface area contributed by atoms with Crippen LogP contribution in [0.2, 0.25) is 0 Å². The van der Waals surface area contributed by atoms with Crippen LogP contribution in [0.25, 0.3) is 11.0 Å². The summed E-state index contributed by atoms with van der Waals surface area (Å²) in [6.45, 7) is 0.402. The lowest BCUT2D eigenvalue weighted by Crippen LogP contribution is -2.42. The number of methoxy groups -OCH3 is 1. The number of para-hydroxylation sites is 1. The Bertz CT molecular complexity index is 876. The fourth-order valence-electron chi connectivity index (χ4n) is 3.38. The highest BCUT2D eigenvalue weighted by atomic mass is 16.5. The average Bonchev–Trinajstić information content (AvgIpc) is 2.98. The SMILES string of the molecule is COC(=O)C[C@H]1CC[C@@H](CNC(=O)c2cc3ccccc3oc2=O)N1C. The van der Waals surface area contributed by atoms with Crippen molar-refractivity contribution in [1.29, 1.82) is 0 Å². The van der Waals surface area contributed by atoms with E-state index >= 15 is 0 Å². The van der Waals surface area contributed by atoms with Crippen molar-refractivity contribution in [2.24, 2.45) is 0 Å². The highest BCUT2D eigenvalue weighted by molar-refractivity contribution is 5.96. The van der Waals surface area contributed by atoms with Gasteiger partial charge < -0.3 is 14.5 Å². The van der Waals surface area contributed by atoms with E-state index in [0.29, 0.717) is 23.9 Å². The van der Waals surface area contributed by atoms with Crippen LogP contribution in [-0.4, -0.2) is 49.6 Å². The van der Waals surface area contributed by atoms with Crippen LogP contribution in [0.5, 0.6) is 0 Å². The third-order valence-electron chi connectivity index (χ3n) is 5.00. The van der Waals surface area contributed by atoms with E-state index in [-0.39, 0.29) is 23.6 Å². The number of rotatable bonds is 5. The third kappa shape index (κ3) is 3.77. The number of carbonyl (C=O) groups is 2. The first kappa shape index (κ1) is 18.1. The number of hydrogen-bond acceptors (Lipinski definition) is 6. The lowest BCUT2D eigenvalue weighted by molar-refractivity contribution is -0.141. The van der Waals surface area contributed by atoms with Crippen LogP contribution in [0.3, 0.4) is 0 Å². The monoisotopic (exact) mass is 358 g/mol. The molecule has 0 spiro atoms. The Morgan fingerprint density at radius 3 is 2.77 bits per heavy atom. The van der Waals surface area contributed by atoms with Gasteiger partial charge in [-0.15, -0.1) is 0 Å². The van der Waals surface area contributed by atoms with Gasteiger partial charge in [-0.1, -0.05) is 18.2 Å². The number of likely N-dealkylation sites (tertiary alicyclic amines) is 1. The molecule has 2 atom stereocenters. The van der Waals surface area contributed by atoms with Gasteiger partial charge in [0.1, 0.15) is 11.1 Å². The fraction of sp³-hybridized carbons (Fsp3) is 0.421. The summed E-state index contributed by atoms with van der Waals surface area (Å²) < 4.78 is 9.92. The van der Waals surface area contributed by atoms with Crippen molar-refractivity contribution in [1.82, 2.24) is 10.2 Å². The molecule has 1 fully saturated rings. The number of amides is 1. The lowest BCUT2D eigenvalue weighted by atomic mass is 10.1. The van der Waals surface area contributed by atoms with Crippen molar-refractivity contribution in [2.75, 3.05) is 20.7 Å². The Morgan fingerprint density at radius 1 is 1.27 bits per heavy atom. The van der Waals surface area contributed by atoms with E-state index in [0.717, 1.165) is 12.8 Å². The molecule has 1 aromatic carbocycles. The smallest absolute Gasteiger partial charge is 0.349 e. The van der Waals surface area contributed by atoms with Gasteiger partial charge in [0.05, 0.1) is 13.5 Å². The van der Waals surface area contributed by atoms with Crippen LogP contribution in [0, 0.1) is 0 Å². The minimum atomic E-state index is -0.649. The molecule has 1 aliphatic heterocycles. The third-order valence-corrected chi connectivity index (χ3v) is 5.00. The van der Waals surface area contributed by atoms with Gasteiger partial charge in [0, 0.05) is 24.0 Å². The van der Waals surface area contributed by atoms with Crippen molar-refractivity contribution in [3.8, 4) is 0 Å². The molecule has 2 aromatic rings. The number of nitrogens with one attached hydrogen (secondary N) is 1. The summed E-state index contributed by atoms with van der Waals surface area (Å²) in [6.07, 6.45) is 2.07. The predicted molar refractivity (Wildman–Crippen MR) is 96.0 cm³/mol. The second-order valence-corrected chi connectivity index (χ2v) is 6.53. The topological polar surface area (TPSA) is 88.8 Å². The van der Waals surface area contributed by atoms with Crippen molar-refractivity contribution < 1.29 is 18.7 Å². The molecule has 1 aromatic heterocycles. The van der Waals surface area contributed by atoms with Gasteiger partial charge in [-0.2, -0.15) is 0 Å². The molecule has 0 saturated carbocycles. The molecule has 1 N–H and O–H groups in total. The van der Waals surface area contributed by atoms with Crippen LogP contribution in [0.15, 0.2) is 39.5 Å². The highest BCUT2D eigenvalue weighted by Crippen LogP contribution is 2.24. The average molecular weight is 358 g/mol. The maximum Gasteiger partial charge on any atom is 0.349 e. The highest BCUT2D eigenvalue weighted by Gasteiger charge is 2.32. The number of esters is 1. The Balaban J connectivity index is 1.63. The van der Waals surface area contributed by atoms with E-state index < -0.39 is 11.5 Å². The molecule has 0 bridgehead atoms. The molecule has 1 amide bonds. The number of fused-ring (bicyclic) bond motifs is 1. The van der Waals surface area contributed by atoms with Gasteiger partial charge in [-0.25, -0.2) is 4.79 Å². The zero-order valence-corrected chi connectivity index (χ0v) is 14.9. The summed E-state index contributed by atoms with van der Waals surface area (Å²) in [7, 11) is 3.31. The Labute approximate surface area is 150 Å². The summed E-state index contributed by atoms with van der Waals surface area (Å²) in [5.41, 5.74) is -0.199. The summed E-state index contributed by atoms with van der Waals surface area (Å²) in [5, 5.41) is 3.51. The number of carbonyl (C=O) groups excluding carboxylic acids is 2. The maximum absolute atomic E-state index is 12.4. The molecule has 0 radical (unpaired) electrons. The molecule has 26 heavy (non-hydrogen) atoms. The molecule has 1 aliphatic rings. The zero-order valence-electron chi connectivity index (χ0n) is 14.9. The molecule has 2 heterocycles. The predicted octanol–water partition coefficient (Wildman–Crippen LogP) is 1.55. The zero-order chi connectivity index (χ0) is 18.7. The van der Waals surface area contributed by atoms with E-state index in [1.807, 2.05) is 13.1 Å². The lowest BCUT2D eigenvalue weighted by Gasteiger charge is -2.25. The van der Waals surface area contributed by atoms with Crippen LogP contribution >= 0.6 is 0 Å². The van der Waals surface area contributed by atoms with Crippen molar-refractivity contribution in [3.05, 3.63) is 46.3 Å². The van der Waals surface area contributed by atoms with Crippen molar-refractivity contribution in [2.45, 2.75) is 31.3 Å². The fourth-order valence-corrected chi connectivity index (χ4v) is 3.38. The molecular weight excluding hydrogens is 336 g/mol. The van der Waals surface area contributed by atoms with Crippen LogP contribution < -0.4 is 10.9 Å². The van der Waals surface area contributed by atoms with E-state index in [2.05, 4.69) is 10.2 Å². The molecule has 1 saturated heterocycles. The van der Waals surface area contributed by atoms with E-state index in [1.54, 1.807) is 24.3 Å². The molecule has 0 unspecified atom stereocenters. The Hall–Kier alpha value is -2.67.